The molecule has 170 valence electrons. The van der Waals surface area contributed by atoms with Gasteiger partial charge in [0.15, 0.2) is 5.96 Å². The lowest BCUT2D eigenvalue weighted by Gasteiger charge is -2.37. The first-order chi connectivity index (χ1) is 14.7. The lowest BCUT2D eigenvalue weighted by molar-refractivity contribution is 0.372. The van der Waals surface area contributed by atoms with Crippen LogP contribution in [0.2, 0.25) is 0 Å². The molecule has 1 heterocycles. The summed E-state index contributed by atoms with van der Waals surface area (Å²) in [5, 5.41) is 3.39. The topological polar surface area (TPSA) is 57.2 Å². The molecule has 6 nitrogen and oxygen atoms in total. The molecule has 31 heavy (non-hydrogen) atoms. The zero-order chi connectivity index (χ0) is 21.2. The second kappa shape index (κ2) is 13.6. The number of benzene rings is 2. The summed E-state index contributed by atoms with van der Waals surface area (Å²) in [5.41, 5.74) is 2.30. The number of halogens is 1. The average molecular weight is 557 g/mol. The van der Waals surface area contributed by atoms with Gasteiger partial charge in [-0.05, 0) is 24.6 Å². The predicted molar refractivity (Wildman–Crippen MR) is 141 cm³/mol. The van der Waals surface area contributed by atoms with E-state index in [9.17, 15) is 4.21 Å². The molecule has 0 bridgehead atoms. The third-order valence-electron chi connectivity index (χ3n) is 5.08. The summed E-state index contributed by atoms with van der Waals surface area (Å²) in [6, 6.07) is 18.2. The molecule has 1 N–H and O–H groups in total. The van der Waals surface area contributed by atoms with Crippen molar-refractivity contribution < 1.29 is 8.95 Å². The van der Waals surface area contributed by atoms with Crippen LogP contribution in [-0.4, -0.2) is 67.2 Å². The van der Waals surface area contributed by atoms with Crippen molar-refractivity contribution in [3.8, 4) is 5.75 Å². The SMILES string of the molecule is CCNC(=NCCS(=O)Cc1ccccc1)N1CCN(c2cccc(OC)c2)CC1.I. The van der Waals surface area contributed by atoms with Gasteiger partial charge in [-0.2, -0.15) is 0 Å². The number of nitrogens with zero attached hydrogens (tertiary/aromatic N) is 3. The van der Waals surface area contributed by atoms with Gasteiger partial charge in [0.05, 0.1) is 13.7 Å². The normalized spacial score (nSPS) is 15.2. The van der Waals surface area contributed by atoms with E-state index in [1.807, 2.05) is 42.5 Å². The van der Waals surface area contributed by atoms with Gasteiger partial charge in [0, 0.05) is 66.8 Å². The van der Waals surface area contributed by atoms with Crippen LogP contribution in [0.4, 0.5) is 5.69 Å². The molecule has 1 aliphatic heterocycles. The largest absolute Gasteiger partial charge is 0.497 e. The van der Waals surface area contributed by atoms with Crippen LogP contribution in [0.1, 0.15) is 12.5 Å². The van der Waals surface area contributed by atoms with Gasteiger partial charge in [0.1, 0.15) is 5.75 Å². The van der Waals surface area contributed by atoms with Gasteiger partial charge in [0.2, 0.25) is 0 Å². The van der Waals surface area contributed by atoms with Crippen LogP contribution < -0.4 is 15.0 Å². The van der Waals surface area contributed by atoms with Crippen LogP contribution in [0, 0.1) is 0 Å². The summed E-state index contributed by atoms with van der Waals surface area (Å²) in [6.07, 6.45) is 0. The molecule has 1 saturated heterocycles. The summed E-state index contributed by atoms with van der Waals surface area (Å²) in [4.78, 5) is 9.41. The summed E-state index contributed by atoms with van der Waals surface area (Å²) < 4.78 is 17.7. The first-order valence-corrected chi connectivity index (χ1v) is 12.0. The molecule has 0 aromatic heterocycles. The Bertz CT molecular complexity index is 842. The van der Waals surface area contributed by atoms with Crippen molar-refractivity contribution in [1.82, 2.24) is 10.2 Å². The van der Waals surface area contributed by atoms with Gasteiger partial charge in [0.25, 0.3) is 0 Å². The van der Waals surface area contributed by atoms with Crippen molar-refractivity contribution in [1.29, 1.82) is 0 Å². The van der Waals surface area contributed by atoms with E-state index in [2.05, 4.69) is 34.2 Å². The quantitative estimate of drug-likeness (QED) is 0.307. The van der Waals surface area contributed by atoms with E-state index in [4.69, 9.17) is 9.73 Å². The highest BCUT2D eigenvalue weighted by Crippen LogP contribution is 2.22. The molecule has 1 atom stereocenters. The van der Waals surface area contributed by atoms with Crippen LogP contribution in [0.5, 0.6) is 5.75 Å². The molecule has 1 unspecified atom stereocenters. The fraction of sp³-hybridized carbons (Fsp3) is 0.435. The number of ether oxygens (including phenoxy) is 1. The van der Waals surface area contributed by atoms with Crippen molar-refractivity contribution >= 4 is 46.4 Å². The van der Waals surface area contributed by atoms with Gasteiger partial charge in [-0.15, -0.1) is 24.0 Å². The number of methoxy groups -OCH3 is 1. The fourth-order valence-corrected chi connectivity index (χ4v) is 4.50. The van der Waals surface area contributed by atoms with Crippen LogP contribution in [0.25, 0.3) is 0 Å². The summed E-state index contributed by atoms with van der Waals surface area (Å²) in [6.45, 7) is 7.12. The monoisotopic (exact) mass is 556 g/mol. The molecule has 1 aliphatic rings. The maximum atomic E-state index is 12.4. The van der Waals surface area contributed by atoms with Gasteiger partial charge in [-0.1, -0.05) is 36.4 Å². The lowest BCUT2D eigenvalue weighted by atomic mass is 10.2. The molecule has 0 aliphatic carbocycles. The van der Waals surface area contributed by atoms with Crippen LogP contribution in [-0.2, 0) is 16.6 Å². The number of rotatable bonds is 8. The standard InChI is InChI=1S/C23H32N4O2S.HI/c1-3-24-23(25-12-17-30(28)19-20-8-5-4-6-9-20)27-15-13-26(14-16-27)21-10-7-11-22(18-21)29-2;/h4-11,18H,3,12-17,19H2,1-2H3,(H,24,25);1H. The maximum Gasteiger partial charge on any atom is 0.194 e. The van der Waals surface area contributed by atoms with Gasteiger partial charge in [-0.3, -0.25) is 9.20 Å². The molecule has 8 heteroatoms. The predicted octanol–water partition coefficient (Wildman–Crippen LogP) is 3.35. The number of nitrogens with one attached hydrogen (secondary N) is 1. The third-order valence-corrected chi connectivity index (χ3v) is 6.38. The van der Waals surface area contributed by atoms with Crippen LogP contribution in [0.15, 0.2) is 59.6 Å². The van der Waals surface area contributed by atoms with Crippen molar-refractivity contribution in [2.24, 2.45) is 4.99 Å². The Morgan fingerprint density at radius 3 is 2.52 bits per heavy atom. The van der Waals surface area contributed by atoms with E-state index < -0.39 is 10.8 Å². The molecule has 1 fully saturated rings. The van der Waals surface area contributed by atoms with Gasteiger partial charge < -0.3 is 19.9 Å². The third kappa shape index (κ3) is 7.99. The summed E-state index contributed by atoms with van der Waals surface area (Å²) in [7, 11) is 0.794. The van der Waals surface area contributed by atoms with E-state index in [-0.39, 0.29) is 24.0 Å². The first-order valence-electron chi connectivity index (χ1n) is 10.5. The summed E-state index contributed by atoms with van der Waals surface area (Å²) >= 11 is 0. The minimum Gasteiger partial charge on any atom is -0.497 e. The van der Waals surface area contributed by atoms with E-state index in [0.717, 1.165) is 50.0 Å². The van der Waals surface area contributed by atoms with Crippen molar-refractivity contribution in [2.75, 3.05) is 57.0 Å². The summed E-state index contributed by atoms with van der Waals surface area (Å²) in [5.74, 6) is 2.97. The molecule has 2 aromatic rings. The van der Waals surface area contributed by atoms with Crippen molar-refractivity contribution in [3.05, 3.63) is 60.2 Å². The maximum absolute atomic E-state index is 12.4. The highest BCUT2D eigenvalue weighted by molar-refractivity contribution is 14.0. The second-order valence-corrected chi connectivity index (χ2v) is 8.76. The molecule has 0 spiro atoms. The number of anilines is 1. The highest BCUT2D eigenvalue weighted by atomic mass is 127. The molecule has 3 rings (SSSR count). The Balaban J connectivity index is 0.00000341. The molecular weight excluding hydrogens is 523 g/mol. The number of aliphatic imine (C=N–C) groups is 1. The zero-order valence-corrected chi connectivity index (χ0v) is 21.5. The van der Waals surface area contributed by atoms with Crippen molar-refractivity contribution in [2.45, 2.75) is 12.7 Å². The van der Waals surface area contributed by atoms with E-state index in [0.29, 0.717) is 18.1 Å². The van der Waals surface area contributed by atoms with Crippen LogP contribution >= 0.6 is 24.0 Å². The minimum atomic E-state index is -0.904. The van der Waals surface area contributed by atoms with E-state index in [1.165, 1.54) is 5.69 Å². The number of piperazine rings is 1. The average Bonchev–Trinajstić information content (AvgIpc) is 2.79. The number of hydrogen-bond acceptors (Lipinski definition) is 4. The van der Waals surface area contributed by atoms with Crippen molar-refractivity contribution in [3.63, 3.8) is 0 Å². The molecular formula is C23H33IN4O2S. The number of hydrogen-bond donors (Lipinski definition) is 1. The molecule has 0 saturated carbocycles. The van der Waals surface area contributed by atoms with Gasteiger partial charge in [-0.25, -0.2) is 0 Å². The molecule has 0 amide bonds. The first kappa shape index (κ1) is 25.5. The van der Waals surface area contributed by atoms with E-state index in [1.54, 1.807) is 7.11 Å². The second-order valence-electron chi connectivity index (χ2n) is 7.19. The minimum absolute atomic E-state index is 0. The Morgan fingerprint density at radius 1 is 1.10 bits per heavy atom. The zero-order valence-electron chi connectivity index (χ0n) is 18.3. The fourth-order valence-electron chi connectivity index (χ4n) is 3.50. The lowest BCUT2D eigenvalue weighted by Crippen LogP contribution is -2.52. The molecule has 2 aromatic carbocycles. The Labute approximate surface area is 205 Å². The molecule has 0 radical (unpaired) electrons. The Morgan fingerprint density at radius 2 is 1.84 bits per heavy atom. The highest BCUT2D eigenvalue weighted by Gasteiger charge is 2.20. The Kier molecular flexibility index (Phi) is 11.1. The van der Waals surface area contributed by atoms with E-state index >= 15 is 0 Å². The number of guanidine groups is 1. The van der Waals surface area contributed by atoms with Crippen LogP contribution in [0.3, 0.4) is 0 Å². The van der Waals surface area contributed by atoms with Gasteiger partial charge >= 0.3 is 0 Å². The smallest absolute Gasteiger partial charge is 0.194 e. The Hall–Kier alpha value is -1.81.